The number of likely N-dealkylation sites (tertiary alicyclic amines) is 1. The van der Waals surface area contributed by atoms with Gasteiger partial charge in [0.05, 0.1) is 23.0 Å². The molecule has 1 aromatic rings. The molecule has 2 atom stereocenters. The molecule has 0 aliphatic carbocycles. The van der Waals surface area contributed by atoms with Gasteiger partial charge in [-0.1, -0.05) is 25.4 Å². The van der Waals surface area contributed by atoms with E-state index in [4.69, 9.17) is 11.6 Å². The summed E-state index contributed by atoms with van der Waals surface area (Å²) in [5.74, 6) is 0. The van der Waals surface area contributed by atoms with Crippen LogP contribution >= 0.6 is 11.6 Å². The second-order valence-corrected chi connectivity index (χ2v) is 6.70. The number of aromatic nitrogens is 2. The second kappa shape index (κ2) is 7.12. The summed E-state index contributed by atoms with van der Waals surface area (Å²) in [4.78, 5) is 2.63. The first-order valence-corrected chi connectivity index (χ1v) is 8.58. The van der Waals surface area contributed by atoms with Crippen LogP contribution in [0.4, 0.5) is 0 Å². The highest BCUT2D eigenvalue weighted by Gasteiger charge is 2.42. The van der Waals surface area contributed by atoms with Crippen molar-refractivity contribution in [3.8, 4) is 0 Å². The Hall–Kier alpha value is -0.580. The molecule has 0 bridgehead atoms. The normalized spacial score (nSPS) is 20.6. The van der Waals surface area contributed by atoms with Gasteiger partial charge in [-0.05, 0) is 52.2 Å². The Morgan fingerprint density at radius 1 is 1.38 bits per heavy atom. The lowest BCUT2D eigenvalue weighted by Crippen LogP contribution is -2.54. The van der Waals surface area contributed by atoms with E-state index >= 15 is 0 Å². The molecule has 1 fully saturated rings. The van der Waals surface area contributed by atoms with E-state index in [1.165, 1.54) is 25.9 Å². The van der Waals surface area contributed by atoms with Gasteiger partial charge in [-0.15, -0.1) is 0 Å². The van der Waals surface area contributed by atoms with Gasteiger partial charge < -0.3 is 5.32 Å². The Morgan fingerprint density at radius 3 is 2.52 bits per heavy atom. The third kappa shape index (κ3) is 3.27. The molecule has 2 unspecified atom stereocenters. The van der Waals surface area contributed by atoms with Gasteiger partial charge in [-0.2, -0.15) is 5.10 Å². The second-order valence-electron chi connectivity index (χ2n) is 6.29. The van der Waals surface area contributed by atoms with Crippen LogP contribution in [0, 0.1) is 0 Å². The summed E-state index contributed by atoms with van der Waals surface area (Å²) in [6.07, 6.45) is 6.57. The largest absolute Gasteiger partial charge is 0.307 e. The Balaban J connectivity index is 2.37. The van der Waals surface area contributed by atoms with Crippen LogP contribution in [0.3, 0.4) is 0 Å². The van der Waals surface area contributed by atoms with Crippen molar-refractivity contribution in [1.29, 1.82) is 0 Å². The number of nitrogens with one attached hydrogen (secondary N) is 1. The molecule has 1 saturated heterocycles. The molecule has 2 heterocycles. The van der Waals surface area contributed by atoms with Crippen molar-refractivity contribution in [2.24, 2.45) is 7.05 Å². The van der Waals surface area contributed by atoms with Crippen LogP contribution in [-0.2, 0) is 7.05 Å². The molecule has 1 aliphatic rings. The quantitative estimate of drug-likeness (QED) is 0.838. The molecule has 0 amide bonds. The van der Waals surface area contributed by atoms with Crippen LogP contribution in [0.15, 0.2) is 6.20 Å². The van der Waals surface area contributed by atoms with E-state index in [2.05, 4.69) is 36.1 Å². The minimum Gasteiger partial charge on any atom is -0.307 e. The van der Waals surface area contributed by atoms with Crippen LogP contribution in [-0.4, -0.2) is 39.9 Å². The first-order valence-electron chi connectivity index (χ1n) is 8.20. The number of hydrogen-bond donors (Lipinski definition) is 1. The minimum atomic E-state index is 0.0725. The smallest absolute Gasteiger partial charge is 0.0834 e. The molecule has 1 N–H and O–H groups in total. The van der Waals surface area contributed by atoms with Gasteiger partial charge in [0.2, 0.25) is 0 Å². The Kier molecular flexibility index (Phi) is 5.69. The molecular formula is C16H29ClN4. The number of nitrogens with zero attached hydrogens (tertiary/aromatic N) is 3. The molecule has 5 heteroatoms. The lowest BCUT2D eigenvalue weighted by molar-refractivity contribution is 0.0806. The number of halogens is 1. The van der Waals surface area contributed by atoms with Gasteiger partial charge in [0.1, 0.15) is 0 Å². The highest BCUT2D eigenvalue weighted by molar-refractivity contribution is 6.31. The molecular weight excluding hydrogens is 284 g/mol. The summed E-state index contributed by atoms with van der Waals surface area (Å²) in [7, 11) is 1.99. The van der Waals surface area contributed by atoms with Gasteiger partial charge in [0, 0.05) is 12.6 Å². The maximum absolute atomic E-state index is 6.45. The van der Waals surface area contributed by atoms with Gasteiger partial charge in [-0.3, -0.25) is 9.58 Å². The molecule has 21 heavy (non-hydrogen) atoms. The lowest BCUT2D eigenvalue weighted by atomic mass is 9.85. The molecule has 120 valence electrons. The fourth-order valence-corrected chi connectivity index (χ4v) is 3.76. The molecule has 0 saturated carbocycles. The number of aryl methyl sites for hydroxylation is 1. The molecule has 0 radical (unpaired) electrons. The van der Waals surface area contributed by atoms with Crippen LogP contribution in [0.5, 0.6) is 0 Å². The van der Waals surface area contributed by atoms with Crippen molar-refractivity contribution in [1.82, 2.24) is 20.0 Å². The zero-order valence-electron chi connectivity index (χ0n) is 13.8. The first kappa shape index (κ1) is 16.8. The van der Waals surface area contributed by atoms with Crippen molar-refractivity contribution in [3.05, 3.63) is 16.9 Å². The van der Waals surface area contributed by atoms with Crippen LogP contribution in [0.25, 0.3) is 0 Å². The minimum absolute atomic E-state index is 0.0725. The predicted molar refractivity (Wildman–Crippen MR) is 88.8 cm³/mol. The van der Waals surface area contributed by atoms with Crippen molar-refractivity contribution < 1.29 is 0 Å². The van der Waals surface area contributed by atoms with Crippen LogP contribution < -0.4 is 5.32 Å². The van der Waals surface area contributed by atoms with E-state index in [1.807, 2.05) is 11.7 Å². The van der Waals surface area contributed by atoms with Crippen molar-refractivity contribution >= 4 is 11.6 Å². The fraction of sp³-hybridized carbons (Fsp3) is 0.812. The maximum Gasteiger partial charge on any atom is 0.0834 e. The molecule has 1 aliphatic heterocycles. The summed E-state index contributed by atoms with van der Waals surface area (Å²) in [6.45, 7) is 10.2. The van der Waals surface area contributed by atoms with Gasteiger partial charge in [0.25, 0.3) is 0 Å². The van der Waals surface area contributed by atoms with Crippen molar-refractivity contribution in [3.63, 3.8) is 0 Å². The number of hydrogen-bond acceptors (Lipinski definition) is 3. The van der Waals surface area contributed by atoms with Gasteiger partial charge in [0.15, 0.2) is 0 Å². The Labute approximate surface area is 133 Å². The van der Waals surface area contributed by atoms with E-state index in [1.54, 1.807) is 6.20 Å². The average Bonchev–Trinajstić information content (AvgIpc) is 3.12. The van der Waals surface area contributed by atoms with E-state index in [-0.39, 0.29) is 11.6 Å². The van der Waals surface area contributed by atoms with Gasteiger partial charge in [-0.25, -0.2) is 0 Å². The zero-order valence-corrected chi connectivity index (χ0v) is 14.6. The highest BCUT2D eigenvalue weighted by atomic mass is 35.5. The molecule has 1 aromatic heterocycles. The Bertz CT molecular complexity index is 434. The van der Waals surface area contributed by atoms with E-state index in [9.17, 15) is 0 Å². The summed E-state index contributed by atoms with van der Waals surface area (Å²) in [5, 5.41) is 8.85. The molecule has 0 spiro atoms. The number of rotatable bonds is 7. The third-order valence-electron chi connectivity index (χ3n) is 4.98. The predicted octanol–water partition coefficient (Wildman–Crippen LogP) is 3.38. The standard InChI is InChI=1S/C16H29ClN4/c1-5-9-18-15(14-13(17)12-19-20(14)4)16(3,6-2)21-10-7-8-11-21/h12,15,18H,5-11H2,1-4H3. The Morgan fingerprint density at radius 2 is 2.05 bits per heavy atom. The van der Waals surface area contributed by atoms with Crippen molar-refractivity contribution in [2.45, 2.75) is 58.0 Å². The summed E-state index contributed by atoms with van der Waals surface area (Å²) >= 11 is 6.45. The van der Waals surface area contributed by atoms with Crippen LogP contribution in [0.1, 0.15) is 58.2 Å². The SMILES string of the molecule is CCCNC(c1c(Cl)cnn1C)C(C)(CC)N1CCCC1. The fourth-order valence-electron chi connectivity index (χ4n) is 3.48. The summed E-state index contributed by atoms with van der Waals surface area (Å²) in [6, 6.07) is 0.209. The van der Waals surface area contributed by atoms with Gasteiger partial charge >= 0.3 is 0 Å². The lowest BCUT2D eigenvalue weighted by Gasteiger charge is -2.45. The first-order chi connectivity index (χ1) is 10.0. The molecule has 0 aromatic carbocycles. The topological polar surface area (TPSA) is 33.1 Å². The van der Waals surface area contributed by atoms with E-state index in [0.717, 1.165) is 30.1 Å². The highest BCUT2D eigenvalue weighted by Crippen LogP contribution is 2.38. The monoisotopic (exact) mass is 312 g/mol. The average molecular weight is 313 g/mol. The zero-order chi connectivity index (χ0) is 15.5. The van der Waals surface area contributed by atoms with E-state index in [0.29, 0.717) is 0 Å². The van der Waals surface area contributed by atoms with E-state index < -0.39 is 0 Å². The van der Waals surface area contributed by atoms with Crippen molar-refractivity contribution in [2.75, 3.05) is 19.6 Å². The molecule has 4 nitrogen and oxygen atoms in total. The summed E-state index contributed by atoms with van der Waals surface area (Å²) < 4.78 is 1.93. The third-order valence-corrected chi connectivity index (χ3v) is 5.27. The maximum atomic E-state index is 6.45. The summed E-state index contributed by atoms with van der Waals surface area (Å²) in [5.41, 5.74) is 1.18. The molecule has 2 rings (SSSR count). The van der Waals surface area contributed by atoms with Crippen LogP contribution in [0.2, 0.25) is 5.02 Å².